The van der Waals surface area contributed by atoms with Gasteiger partial charge in [0.25, 0.3) is 11.8 Å². The molecule has 8 nitrogen and oxygen atoms in total. The summed E-state index contributed by atoms with van der Waals surface area (Å²) in [6, 6.07) is 18.1. The van der Waals surface area contributed by atoms with Crippen LogP contribution in [0.25, 0.3) is 6.08 Å². The number of hydrogen-bond acceptors (Lipinski definition) is 5. The number of para-hydroxylation sites is 1. The number of benzene rings is 2. The Kier molecular flexibility index (Phi) is 6.39. The summed E-state index contributed by atoms with van der Waals surface area (Å²) in [7, 11) is 0. The van der Waals surface area contributed by atoms with E-state index >= 15 is 0 Å². The molecule has 9 heteroatoms. The Labute approximate surface area is 178 Å². The Bertz CT molecular complexity index is 1090. The van der Waals surface area contributed by atoms with E-state index in [9.17, 15) is 19.7 Å². The normalized spacial score (nSPS) is 11.0. The van der Waals surface area contributed by atoms with Gasteiger partial charge in [0.2, 0.25) is 0 Å². The van der Waals surface area contributed by atoms with E-state index in [-0.39, 0.29) is 11.5 Å². The van der Waals surface area contributed by atoms with Crippen LogP contribution in [0.3, 0.4) is 0 Å². The van der Waals surface area contributed by atoms with Crippen molar-refractivity contribution in [2.45, 2.75) is 0 Å². The van der Waals surface area contributed by atoms with Crippen LogP contribution >= 0.6 is 22.6 Å². The molecule has 0 atom stereocenters. The fraction of sp³-hybridized carbons (Fsp3) is 0. The smallest absolute Gasteiger partial charge is 0.401 e. The lowest BCUT2D eigenvalue weighted by molar-refractivity contribution is -0.402. The second-order valence-electron chi connectivity index (χ2n) is 5.75. The number of amides is 2. The van der Waals surface area contributed by atoms with Crippen molar-refractivity contribution in [3.05, 3.63) is 97.4 Å². The second-order valence-corrected chi connectivity index (χ2v) is 6.91. The molecule has 0 saturated heterocycles. The van der Waals surface area contributed by atoms with Crippen molar-refractivity contribution in [3.8, 4) is 0 Å². The van der Waals surface area contributed by atoms with Gasteiger partial charge in [-0.1, -0.05) is 30.3 Å². The average molecular weight is 503 g/mol. The molecule has 0 aliphatic carbocycles. The summed E-state index contributed by atoms with van der Waals surface area (Å²) in [4.78, 5) is 35.5. The average Bonchev–Trinajstić information content (AvgIpc) is 3.17. The van der Waals surface area contributed by atoms with E-state index in [0.717, 1.165) is 0 Å². The van der Waals surface area contributed by atoms with Gasteiger partial charge in [-0.05, 0) is 52.9 Å². The minimum atomic E-state index is -0.689. The quantitative estimate of drug-likeness (QED) is 0.227. The van der Waals surface area contributed by atoms with Gasteiger partial charge in [-0.15, -0.1) is 0 Å². The summed E-state index contributed by atoms with van der Waals surface area (Å²) in [6.45, 7) is 0. The maximum absolute atomic E-state index is 12.7. The van der Waals surface area contributed by atoms with Gasteiger partial charge in [0.15, 0.2) is 0 Å². The number of halogens is 1. The number of rotatable bonds is 6. The highest BCUT2D eigenvalue weighted by molar-refractivity contribution is 14.1. The van der Waals surface area contributed by atoms with Crippen LogP contribution in [0.1, 0.15) is 16.1 Å². The molecule has 3 aromatic rings. The van der Waals surface area contributed by atoms with Crippen molar-refractivity contribution in [1.29, 1.82) is 0 Å². The standard InChI is InChI=1S/C20H14IN3O5/c21-16-9-5-4-8-15(16)19(25)23-17(12-14-10-11-18(29-14)24(27)28)20(26)22-13-6-2-1-3-7-13/h1-12H,(H,22,26)(H,23,25). The van der Waals surface area contributed by atoms with Crippen LogP contribution in [0.4, 0.5) is 11.6 Å². The largest absolute Gasteiger partial charge is 0.433 e. The minimum absolute atomic E-state index is 0.0537. The predicted octanol–water partition coefficient (Wildman–Crippen LogP) is 4.20. The first-order valence-electron chi connectivity index (χ1n) is 8.32. The summed E-state index contributed by atoms with van der Waals surface area (Å²) in [5, 5.41) is 16.0. The van der Waals surface area contributed by atoms with Crippen LogP contribution in [0, 0.1) is 13.7 Å². The number of nitrogens with one attached hydrogen (secondary N) is 2. The van der Waals surface area contributed by atoms with Crippen molar-refractivity contribution in [1.82, 2.24) is 5.32 Å². The maximum Gasteiger partial charge on any atom is 0.433 e. The Morgan fingerprint density at radius 2 is 1.69 bits per heavy atom. The molecule has 0 bridgehead atoms. The van der Waals surface area contributed by atoms with E-state index in [1.54, 1.807) is 54.6 Å². The van der Waals surface area contributed by atoms with E-state index in [1.165, 1.54) is 18.2 Å². The van der Waals surface area contributed by atoms with E-state index in [0.29, 0.717) is 14.8 Å². The molecule has 0 saturated carbocycles. The molecule has 0 radical (unpaired) electrons. The molecule has 0 fully saturated rings. The predicted molar refractivity (Wildman–Crippen MR) is 115 cm³/mol. The number of furan rings is 1. The first kappa shape index (κ1) is 20.3. The van der Waals surface area contributed by atoms with E-state index in [1.807, 2.05) is 22.6 Å². The molecule has 29 heavy (non-hydrogen) atoms. The van der Waals surface area contributed by atoms with Crippen molar-refractivity contribution in [2.75, 3.05) is 5.32 Å². The molecule has 0 unspecified atom stereocenters. The topological polar surface area (TPSA) is 114 Å². The van der Waals surface area contributed by atoms with Gasteiger partial charge in [-0.3, -0.25) is 19.7 Å². The van der Waals surface area contributed by atoms with Gasteiger partial charge < -0.3 is 15.1 Å². The van der Waals surface area contributed by atoms with Gasteiger partial charge >= 0.3 is 5.88 Å². The lowest BCUT2D eigenvalue weighted by atomic mass is 10.2. The zero-order valence-corrected chi connectivity index (χ0v) is 17.0. The highest BCUT2D eigenvalue weighted by atomic mass is 127. The Morgan fingerprint density at radius 1 is 1.00 bits per heavy atom. The monoisotopic (exact) mass is 503 g/mol. The molecular formula is C20H14IN3O5. The maximum atomic E-state index is 12.7. The zero-order chi connectivity index (χ0) is 20.8. The molecule has 2 amide bonds. The van der Waals surface area contributed by atoms with Gasteiger partial charge in [-0.25, -0.2) is 0 Å². The lowest BCUT2D eigenvalue weighted by Crippen LogP contribution is -2.31. The molecule has 3 rings (SSSR count). The highest BCUT2D eigenvalue weighted by Crippen LogP contribution is 2.19. The number of anilines is 1. The van der Waals surface area contributed by atoms with Crippen molar-refractivity contribution in [3.63, 3.8) is 0 Å². The van der Waals surface area contributed by atoms with Crippen LogP contribution in [-0.4, -0.2) is 16.7 Å². The fourth-order valence-corrected chi connectivity index (χ4v) is 3.01. The van der Waals surface area contributed by atoms with Crippen LogP contribution < -0.4 is 10.6 Å². The number of nitrogens with zero attached hydrogens (tertiary/aromatic N) is 1. The Balaban J connectivity index is 1.90. The van der Waals surface area contributed by atoms with E-state index in [4.69, 9.17) is 4.42 Å². The van der Waals surface area contributed by atoms with Crippen LogP contribution in [0.5, 0.6) is 0 Å². The summed E-state index contributed by atoms with van der Waals surface area (Å²) in [5.41, 5.74) is 0.789. The molecule has 2 N–H and O–H groups in total. The number of carbonyl (C=O) groups is 2. The SMILES string of the molecule is O=C(Nc1ccccc1)C(=Cc1ccc([N+](=O)[O-])o1)NC(=O)c1ccccc1I. The lowest BCUT2D eigenvalue weighted by Gasteiger charge is -2.11. The zero-order valence-electron chi connectivity index (χ0n) is 14.8. The molecule has 0 aliphatic heterocycles. The molecule has 1 heterocycles. The first-order chi connectivity index (χ1) is 13.9. The van der Waals surface area contributed by atoms with E-state index < -0.39 is 22.6 Å². The van der Waals surface area contributed by atoms with Crippen LogP contribution in [-0.2, 0) is 4.79 Å². The summed E-state index contributed by atoms with van der Waals surface area (Å²) < 4.78 is 5.79. The van der Waals surface area contributed by atoms with E-state index in [2.05, 4.69) is 10.6 Å². The second kappa shape index (κ2) is 9.15. The van der Waals surface area contributed by atoms with Crippen LogP contribution in [0.15, 0.2) is 76.8 Å². The van der Waals surface area contributed by atoms with Crippen molar-refractivity contribution in [2.24, 2.45) is 0 Å². The number of carbonyl (C=O) groups excluding carboxylic acids is 2. The molecular weight excluding hydrogens is 489 g/mol. The summed E-state index contributed by atoms with van der Waals surface area (Å²) in [5.74, 6) is -1.51. The molecule has 1 aromatic heterocycles. The third kappa shape index (κ3) is 5.29. The highest BCUT2D eigenvalue weighted by Gasteiger charge is 2.18. The molecule has 146 valence electrons. The third-order valence-corrected chi connectivity index (χ3v) is 4.66. The number of nitro groups is 1. The molecule has 0 spiro atoms. The minimum Gasteiger partial charge on any atom is -0.401 e. The van der Waals surface area contributed by atoms with Gasteiger partial charge in [0.1, 0.15) is 16.4 Å². The molecule has 0 aliphatic rings. The number of hydrogen-bond donors (Lipinski definition) is 2. The van der Waals surface area contributed by atoms with Gasteiger partial charge in [0, 0.05) is 15.3 Å². The van der Waals surface area contributed by atoms with Crippen LogP contribution in [0.2, 0.25) is 0 Å². The van der Waals surface area contributed by atoms with Gasteiger partial charge in [-0.2, -0.15) is 0 Å². The van der Waals surface area contributed by atoms with Crippen molar-refractivity contribution < 1.29 is 18.9 Å². The molecule has 2 aromatic carbocycles. The van der Waals surface area contributed by atoms with Gasteiger partial charge in [0.05, 0.1) is 11.6 Å². The third-order valence-electron chi connectivity index (χ3n) is 3.72. The Morgan fingerprint density at radius 3 is 2.34 bits per heavy atom. The van der Waals surface area contributed by atoms with Crippen molar-refractivity contribution >= 4 is 52.1 Å². The summed E-state index contributed by atoms with van der Waals surface area (Å²) >= 11 is 2.02. The summed E-state index contributed by atoms with van der Waals surface area (Å²) in [6.07, 6.45) is 1.24. The fourth-order valence-electron chi connectivity index (χ4n) is 2.37. The Hall–Kier alpha value is -3.47. The first-order valence-corrected chi connectivity index (χ1v) is 9.40.